The Labute approximate surface area is 128 Å². The lowest BCUT2D eigenvalue weighted by Crippen LogP contribution is -2.33. The van der Waals surface area contributed by atoms with Crippen molar-refractivity contribution in [1.82, 2.24) is 9.71 Å². The van der Waals surface area contributed by atoms with Crippen LogP contribution in [0.2, 0.25) is 0 Å². The van der Waals surface area contributed by atoms with Crippen LogP contribution in [-0.4, -0.2) is 26.0 Å². The van der Waals surface area contributed by atoms with Gasteiger partial charge in [0.25, 0.3) is 0 Å². The van der Waals surface area contributed by atoms with Gasteiger partial charge in [0.2, 0.25) is 10.0 Å². The Hall–Kier alpha value is -1.14. The van der Waals surface area contributed by atoms with Crippen LogP contribution < -0.4 is 10.0 Å². The maximum atomic E-state index is 12.5. The molecule has 0 saturated carbocycles. The second kappa shape index (κ2) is 8.34. The van der Waals surface area contributed by atoms with Crippen molar-refractivity contribution in [2.75, 3.05) is 11.9 Å². The summed E-state index contributed by atoms with van der Waals surface area (Å²) in [6.45, 7) is 8.93. The lowest BCUT2D eigenvalue weighted by atomic mass is 10.1. The molecule has 1 unspecified atom stereocenters. The Morgan fingerprint density at radius 2 is 1.95 bits per heavy atom. The van der Waals surface area contributed by atoms with Gasteiger partial charge in [0.05, 0.1) is 5.69 Å². The molecule has 0 aromatic carbocycles. The molecule has 1 heterocycles. The van der Waals surface area contributed by atoms with Gasteiger partial charge < -0.3 is 5.32 Å². The van der Waals surface area contributed by atoms with Gasteiger partial charge in [-0.3, -0.25) is 4.98 Å². The van der Waals surface area contributed by atoms with Crippen molar-refractivity contribution in [2.45, 2.75) is 57.9 Å². The van der Waals surface area contributed by atoms with Crippen LogP contribution in [0.15, 0.2) is 23.4 Å². The monoisotopic (exact) mass is 313 g/mol. The molecule has 120 valence electrons. The molecule has 0 saturated heterocycles. The lowest BCUT2D eigenvalue weighted by molar-refractivity contribution is 0.485. The molecule has 0 bridgehead atoms. The Morgan fingerprint density at radius 3 is 2.57 bits per heavy atom. The van der Waals surface area contributed by atoms with Gasteiger partial charge in [-0.05, 0) is 38.2 Å². The lowest BCUT2D eigenvalue weighted by Gasteiger charge is -2.17. The summed E-state index contributed by atoms with van der Waals surface area (Å²) < 4.78 is 27.7. The first-order valence-corrected chi connectivity index (χ1v) is 9.05. The number of pyridine rings is 1. The molecule has 21 heavy (non-hydrogen) atoms. The Balaban J connectivity index is 2.82. The number of rotatable bonds is 9. The molecule has 1 atom stereocenters. The Kier molecular flexibility index (Phi) is 7.11. The number of hydrogen-bond acceptors (Lipinski definition) is 4. The quantitative estimate of drug-likeness (QED) is 0.735. The highest BCUT2D eigenvalue weighted by Crippen LogP contribution is 2.20. The Morgan fingerprint density at radius 1 is 1.24 bits per heavy atom. The summed E-state index contributed by atoms with van der Waals surface area (Å²) in [6, 6.07) is 1.61. The smallest absolute Gasteiger partial charge is 0.244 e. The van der Waals surface area contributed by atoms with Crippen LogP contribution in [0.4, 0.5) is 5.69 Å². The van der Waals surface area contributed by atoms with Crippen molar-refractivity contribution >= 4 is 15.7 Å². The summed E-state index contributed by atoms with van der Waals surface area (Å²) in [6.07, 6.45) is 5.75. The minimum Gasteiger partial charge on any atom is -0.384 e. The van der Waals surface area contributed by atoms with Gasteiger partial charge in [-0.25, -0.2) is 13.1 Å². The van der Waals surface area contributed by atoms with E-state index in [0.717, 1.165) is 25.8 Å². The summed E-state index contributed by atoms with van der Waals surface area (Å²) in [4.78, 5) is 4.16. The number of aromatic nitrogens is 1. The summed E-state index contributed by atoms with van der Waals surface area (Å²) in [5.41, 5.74) is 0.607. The zero-order valence-corrected chi connectivity index (χ0v) is 14.2. The van der Waals surface area contributed by atoms with Crippen molar-refractivity contribution in [2.24, 2.45) is 5.92 Å². The van der Waals surface area contributed by atoms with Gasteiger partial charge in [0.15, 0.2) is 0 Å². The standard InChI is InChI=1S/C15H27N3O2S/c1-5-9-17-14-8-10-16-11-15(14)21(19,20)18-13(4)7-6-12(2)3/h8,10-13,18H,5-7,9H2,1-4H3,(H,16,17). The van der Waals surface area contributed by atoms with Crippen LogP contribution in [-0.2, 0) is 10.0 Å². The minimum atomic E-state index is -3.54. The van der Waals surface area contributed by atoms with Crippen LogP contribution in [0.25, 0.3) is 0 Å². The predicted octanol–water partition coefficient (Wildman–Crippen LogP) is 3.01. The second-order valence-corrected chi connectivity index (χ2v) is 7.47. The zero-order valence-electron chi connectivity index (χ0n) is 13.4. The molecular weight excluding hydrogens is 286 g/mol. The van der Waals surface area contributed by atoms with Crippen LogP contribution in [0, 0.1) is 5.92 Å². The molecular formula is C15H27N3O2S. The van der Waals surface area contributed by atoms with Crippen molar-refractivity contribution in [3.8, 4) is 0 Å². The van der Waals surface area contributed by atoms with Gasteiger partial charge in [0.1, 0.15) is 4.90 Å². The molecule has 6 heteroatoms. The fourth-order valence-electron chi connectivity index (χ4n) is 1.97. The van der Waals surface area contributed by atoms with Gasteiger partial charge >= 0.3 is 0 Å². The molecule has 0 spiro atoms. The van der Waals surface area contributed by atoms with Gasteiger partial charge in [0, 0.05) is 25.0 Å². The summed E-state index contributed by atoms with van der Waals surface area (Å²) in [5, 5.41) is 3.13. The summed E-state index contributed by atoms with van der Waals surface area (Å²) in [7, 11) is -3.54. The van der Waals surface area contributed by atoms with Crippen molar-refractivity contribution in [3.63, 3.8) is 0 Å². The first-order valence-electron chi connectivity index (χ1n) is 7.57. The predicted molar refractivity (Wildman–Crippen MR) is 86.9 cm³/mol. The maximum Gasteiger partial charge on any atom is 0.244 e. The second-order valence-electron chi connectivity index (χ2n) is 5.79. The molecule has 0 radical (unpaired) electrons. The van der Waals surface area contributed by atoms with E-state index in [1.54, 1.807) is 12.3 Å². The first-order chi connectivity index (χ1) is 9.86. The van der Waals surface area contributed by atoms with Gasteiger partial charge in [-0.2, -0.15) is 0 Å². The topological polar surface area (TPSA) is 71.1 Å². The molecule has 0 aliphatic rings. The molecule has 1 rings (SSSR count). The Bertz CT molecular complexity index is 529. The molecule has 0 fully saturated rings. The average Bonchev–Trinajstić information content (AvgIpc) is 2.42. The first kappa shape index (κ1) is 17.9. The largest absolute Gasteiger partial charge is 0.384 e. The third kappa shape index (κ3) is 6.01. The van der Waals surface area contributed by atoms with Crippen molar-refractivity contribution in [1.29, 1.82) is 0 Å². The number of sulfonamides is 1. The van der Waals surface area contributed by atoms with E-state index in [0.29, 0.717) is 11.6 Å². The number of nitrogens with zero attached hydrogens (tertiary/aromatic N) is 1. The van der Waals surface area contributed by atoms with E-state index in [9.17, 15) is 8.42 Å². The van der Waals surface area contributed by atoms with E-state index < -0.39 is 10.0 Å². The summed E-state index contributed by atoms with van der Waals surface area (Å²) in [5.74, 6) is 0.567. The summed E-state index contributed by atoms with van der Waals surface area (Å²) >= 11 is 0. The van der Waals surface area contributed by atoms with E-state index in [2.05, 4.69) is 28.9 Å². The molecule has 1 aromatic heterocycles. The molecule has 5 nitrogen and oxygen atoms in total. The van der Waals surface area contributed by atoms with E-state index in [-0.39, 0.29) is 10.9 Å². The number of anilines is 1. The van der Waals surface area contributed by atoms with Crippen LogP contribution in [0.5, 0.6) is 0 Å². The van der Waals surface area contributed by atoms with E-state index in [1.807, 2.05) is 13.8 Å². The fourth-order valence-corrected chi connectivity index (χ4v) is 3.37. The third-order valence-corrected chi connectivity index (χ3v) is 4.79. The van der Waals surface area contributed by atoms with Gasteiger partial charge in [-0.15, -0.1) is 0 Å². The normalized spacial score (nSPS) is 13.4. The minimum absolute atomic E-state index is 0.0865. The fraction of sp³-hybridized carbons (Fsp3) is 0.667. The van der Waals surface area contributed by atoms with Gasteiger partial charge in [-0.1, -0.05) is 20.8 Å². The highest BCUT2D eigenvalue weighted by atomic mass is 32.2. The molecule has 2 N–H and O–H groups in total. The highest BCUT2D eigenvalue weighted by Gasteiger charge is 2.21. The highest BCUT2D eigenvalue weighted by molar-refractivity contribution is 7.89. The molecule has 0 aliphatic heterocycles. The third-order valence-electron chi connectivity index (χ3n) is 3.17. The number of hydrogen-bond donors (Lipinski definition) is 2. The number of nitrogens with one attached hydrogen (secondary N) is 2. The van der Waals surface area contributed by atoms with Crippen LogP contribution in [0.1, 0.15) is 47.0 Å². The van der Waals surface area contributed by atoms with Crippen molar-refractivity contribution < 1.29 is 8.42 Å². The van der Waals surface area contributed by atoms with Crippen LogP contribution >= 0.6 is 0 Å². The average molecular weight is 313 g/mol. The molecule has 0 amide bonds. The SMILES string of the molecule is CCCNc1ccncc1S(=O)(=O)NC(C)CCC(C)C. The van der Waals surface area contributed by atoms with E-state index in [1.165, 1.54) is 6.20 Å². The van der Waals surface area contributed by atoms with Crippen LogP contribution in [0.3, 0.4) is 0 Å². The molecule has 1 aromatic rings. The van der Waals surface area contributed by atoms with Crippen molar-refractivity contribution in [3.05, 3.63) is 18.5 Å². The molecule has 0 aliphatic carbocycles. The maximum absolute atomic E-state index is 12.5. The zero-order chi connectivity index (χ0) is 15.9. The van der Waals surface area contributed by atoms with E-state index in [4.69, 9.17) is 0 Å². The van der Waals surface area contributed by atoms with E-state index >= 15 is 0 Å².